The number of hydrogen-bond acceptors (Lipinski definition) is 4. The summed E-state index contributed by atoms with van der Waals surface area (Å²) in [5.41, 5.74) is 1.29. The van der Waals surface area contributed by atoms with Crippen LogP contribution in [0.1, 0.15) is 42.6 Å². The molecule has 0 aliphatic carbocycles. The Morgan fingerprint density at radius 2 is 1.95 bits per heavy atom. The highest BCUT2D eigenvalue weighted by atomic mass is 16.6. The lowest BCUT2D eigenvalue weighted by molar-refractivity contribution is -0.153. The zero-order valence-electron chi connectivity index (χ0n) is 11.6. The Morgan fingerprint density at radius 3 is 2.58 bits per heavy atom. The van der Waals surface area contributed by atoms with Gasteiger partial charge >= 0.3 is 11.9 Å². The van der Waals surface area contributed by atoms with Crippen LogP contribution in [0.15, 0.2) is 24.3 Å². The van der Waals surface area contributed by atoms with Crippen LogP contribution in [0, 0.1) is 6.92 Å². The molecular weight excluding hydrogens is 244 g/mol. The Morgan fingerprint density at radius 1 is 1.26 bits per heavy atom. The van der Waals surface area contributed by atoms with Gasteiger partial charge in [0.2, 0.25) is 0 Å². The predicted molar refractivity (Wildman–Crippen MR) is 71.9 cm³/mol. The van der Waals surface area contributed by atoms with E-state index in [4.69, 9.17) is 9.47 Å². The van der Waals surface area contributed by atoms with Crippen molar-refractivity contribution >= 4 is 11.9 Å². The van der Waals surface area contributed by atoms with Gasteiger partial charge in [0.1, 0.15) is 0 Å². The lowest BCUT2D eigenvalue weighted by atomic mass is 10.1. The van der Waals surface area contributed by atoms with Crippen LogP contribution >= 0.6 is 0 Å². The maximum atomic E-state index is 11.9. The van der Waals surface area contributed by atoms with Crippen molar-refractivity contribution in [3.63, 3.8) is 0 Å². The molecule has 1 rings (SSSR count). The lowest BCUT2D eigenvalue weighted by Crippen LogP contribution is -2.26. The number of ether oxygens (including phenoxy) is 2. The Labute approximate surface area is 113 Å². The zero-order valence-corrected chi connectivity index (χ0v) is 11.6. The van der Waals surface area contributed by atoms with E-state index in [2.05, 4.69) is 0 Å². The molecule has 0 saturated carbocycles. The normalized spacial score (nSPS) is 11.7. The molecule has 1 unspecified atom stereocenters. The highest BCUT2D eigenvalue weighted by molar-refractivity contribution is 5.92. The van der Waals surface area contributed by atoms with Crippen molar-refractivity contribution in [1.29, 1.82) is 0 Å². The highest BCUT2D eigenvalue weighted by Gasteiger charge is 2.20. The first-order valence-corrected chi connectivity index (χ1v) is 6.49. The number of unbranched alkanes of at least 4 members (excludes halogenated alkanes) is 1. The van der Waals surface area contributed by atoms with Crippen LogP contribution in [0.2, 0.25) is 0 Å². The van der Waals surface area contributed by atoms with Gasteiger partial charge in [-0.15, -0.1) is 0 Å². The summed E-state index contributed by atoms with van der Waals surface area (Å²) in [7, 11) is 0. The van der Waals surface area contributed by atoms with Crippen LogP contribution < -0.4 is 0 Å². The molecule has 0 aliphatic heterocycles. The standard InChI is InChI=1S/C15H20O4/c1-4-5-10-18-14(16)12(3)19-15(17)13-9-7-6-8-11(13)2/h6-9,12H,4-5,10H2,1-3H3. The molecule has 0 aromatic heterocycles. The highest BCUT2D eigenvalue weighted by Crippen LogP contribution is 2.10. The number of esters is 2. The average molecular weight is 264 g/mol. The number of rotatable bonds is 6. The number of carbonyl (C=O) groups is 2. The Balaban J connectivity index is 2.52. The SMILES string of the molecule is CCCCOC(=O)C(C)OC(=O)c1ccccc1C. The summed E-state index contributed by atoms with van der Waals surface area (Å²) in [4.78, 5) is 23.5. The maximum Gasteiger partial charge on any atom is 0.347 e. The third-order valence-corrected chi connectivity index (χ3v) is 2.72. The number of aryl methyl sites for hydroxylation is 1. The van der Waals surface area contributed by atoms with Crippen LogP contribution in [0.5, 0.6) is 0 Å². The molecule has 0 saturated heterocycles. The van der Waals surface area contributed by atoms with Crippen molar-refractivity contribution in [2.75, 3.05) is 6.61 Å². The van der Waals surface area contributed by atoms with Crippen molar-refractivity contribution in [2.24, 2.45) is 0 Å². The van der Waals surface area contributed by atoms with Gasteiger partial charge in [0.05, 0.1) is 12.2 Å². The van der Waals surface area contributed by atoms with Crippen LogP contribution in [0.3, 0.4) is 0 Å². The summed E-state index contributed by atoms with van der Waals surface area (Å²) in [5.74, 6) is -1.01. The third kappa shape index (κ3) is 4.73. The molecule has 0 fully saturated rings. The van der Waals surface area contributed by atoms with Crippen molar-refractivity contribution < 1.29 is 19.1 Å². The van der Waals surface area contributed by atoms with Gasteiger partial charge in [0.15, 0.2) is 6.10 Å². The molecule has 104 valence electrons. The van der Waals surface area contributed by atoms with E-state index in [-0.39, 0.29) is 0 Å². The molecular formula is C15H20O4. The molecule has 0 spiro atoms. The minimum Gasteiger partial charge on any atom is -0.463 e. The number of benzene rings is 1. The summed E-state index contributed by atoms with van der Waals surface area (Å²) in [6, 6.07) is 7.09. The second-order valence-electron chi connectivity index (χ2n) is 4.38. The Bertz CT molecular complexity index is 440. The van der Waals surface area contributed by atoms with Crippen LogP contribution in [0.4, 0.5) is 0 Å². The molecule has 4 heteroatoms. The van der Waals surface area contributed by atoms with Gasteiger partial charge in [0.25, 0.3) is 0 Å². The van der Waals surface area contributed by atoms with Crippen molar-refractivity contribution in [3.05, 3.63) is 35.4 Å². The molecule has 1 aromatic carbocycles. The average Bonchev–Trinajstić information content (AvgIpc) is 2.39. The Hall–Kier alpha value is -1.84. The summed E-state index contributed by atoms with van der Waals surface area (Å²) in [5, 5.41) is 0. The van der Waals surface area contributed by atoms with Crippen molar-refractivity contribution in [2.45, 2.75) is 39.7 Å². The van der Waals surface area contributed by atoms with E-state index in [1.807, 2.05) is 26.0 Å². The first kappa shape index (κ1) is 15.2. The van der Waals surface area contributed by atoms with E-state index in [9.17, 15) is 9.59 Å². The number of hydrogen-bond donors (Lipinski definition) is 0. The molecule has 1 atom stereocenters. The van der Waals surface area contributed by atoms with E-state index in [0.717, 1.165) is 18.4 Å². The first-order chi connectivity index (χ1) is 9.06. The van der Waals surface area contributed by atoms with Gasteiger partial charge in [-0.25, -0.2) is 9.59 Å². The Kier molecular flexibility index (Phi) is 6.06. The summed E-state index contributed by atoms with van der Waals surface area (Å²) in [6.45, 7) is 5.71. The minimum atomic E-state index is -0.885. The van der Waals surface area contributed by atoms with Gasteiger partial charge in [-0.1, -0.05) is 31.5 Å². The molecule has 0 aliphatic rings. The molecule has 0 N–H and O–H groups in total. The second-order valence-corrected chi connectivity index (χ2v) is 4.38. The molecule has 0 heterocycles. The summed E-state index contributed by atoms with van der Waals surface area (Å²) < 4.78 is 10.1. The maximum absolute atomic E-state index is 11.9. The molecule has 0 amide bonds. The van der Waals surface area contributed by atoms with Gasteiger partial charge in [-0.2, -0.15) is 0 Å². The first-order valence-electron chi connectivity index (χ1n) is 6.49. The van der Waals surface area contributed by atoms with Gasteiger partial charge in [0, 0.05) is 0 Å². The van der Waals surface area contributed by atoms with Crippen molar-refractivity contribution in [1.82, 2.24) is 0 Å². The zero-order chi connectivity index (χ0) is 14.3. The summed E-state index contributed by atoms with van der Waals surface area (Å²) >= 11 is 0. The number of carbonyl (C=O) groups excluding carboxylic acids is 2. The van der Waals surface area contributed by atoms with E-state index in [1.54, 1.807) is 12.1 Å². The molecule has 19 heavy (non-hydrogen) atoms. The van der Waals surface area contributed by atoms with Crippen molar-refractivity contribution in [3.8, 4) is 0 Å². The fraction of sp³-hybridized carbons (Fsp3) is 0.467. The van der Waals surface area contributed by atoms with Crippen LogP contribution in [-0.4, -0.2) is 24.6 Å². The van der Waals surface area contributed by atoms with Gasteiger partial charge in [-0.05, 0) is 31.9 Å². The fourth-order valence-corrected chi connectivity index (χ4v) is 1.51. The van der Waals surface area contributed by atoms with E-state index in [0.29, 0.717) is 12.2 Å². The quantitative estimate of drug-likeness (QED) is 0.585. The van der Waals surface area contributed by atoms with Crippen LogP contribution in [0.25, 0.3) is 0 Å². The molecule has 0 bridgehead atoms. The van der Waals surface area contributed by atoms with E-state index in [1.165, 1.54) is 6.92 Å². The second kappa shape index (κ2) is 7.56. The molecule has 4 nitrogen and oxygen atoms in total. The third-order valence-electron chi connectivity index (χ3n) is 2.72. The summed E-state index contributed by atoms with van der Waals surface area (Å²) in [6.07, 6.45) is 0.874. The van der Waals surface area contributed by atoms with E-state index < -0.39 is 18.0 Å². The van der Waals surface area contributed by atoms with Gasteiger partial charge < -0.3 is 9.47 Å². The monoisotopic (exact) mass is 264 g/mol. The largest absolute Gasteiger partial charge is 0.463 e. The smallest absolute Gasteiger partial charge is 0.347 e. The van der Waals surface area contributed by atoms with E-state index >= 15 is 0 Å². The van der Waals surface area contributed by atoms with Gasteiger partial charge in [-0.3, -0.25) is 0 Å². The topological polar surface area (TPSA) is 52.6 Å². The molecule has 1 aromatic rings. The molecule has 0 radical (unpaired) electrons. The van der Waals surface area contributed by atoms with Crippen LogP contribution in [-0.2, 0) is 14.3 Å². The minimum absolute atomic E-state index is 0.363. The fourth-order valence-electron chi connectivity index (χ4n) is 1.51. The predicted octanol–water partition coefficient (Wildman–Crippen LogP) is 2.88. The lowest BCUT2D eigenvalue weighted by Gasteiger charge is -2.13.